The van der Waals surface area contributed by atoms with Crippen molar-refractivity contribution in [1.29, 1.82) is 0 Å². The van der Waals surface area contributed by atoms with Crippen molar-refractivity contribution in [2.75, 3.05) is 12.9 Å². The quantitative estimate of drug-likeness (QED) is 0.496. The largest absolute Gasteiger partial charge is 0.483 e. The van der Waals surface area contributed by atoms with Crippen LogP contribution in [0.3, 0.4) is 0 Å². The summed E-state index contributed by atoms with van der Waals surface area (Å²) in [7, 11) is 0. The number of Topliss-reactive ketones (excluding diaryl/α,β-unsaturated/α-hetero) is 1. The number of rotatable bonds is 5. The summed E-state index contributed by atoms with van der Waals surface area (Å²) in [6, 6.07) is 13.2. The van der Waals surface area contributed by atoms with E-state index in [9.17, 15) is 4.79 Å². The van der Waals surface area contributed by atoms with Gasteiger partial charge in [-0.3, -0.25) is 4.79 Å². The van der Waals surface area contributed by atoms with E-state index in [1.54, 1.807) is 11.8 Å². The van der Waals surface area contributed by atoms with E-state index in [0.717, 1.165) is 13.8 Å². The van der Waals surface area contributed by atoms with E-state index in [1.165, 1.54) is 0 Å². The summed E-state index contributed by atoms with van der Waals surface area (Å²) in [5.41, 5.74) is 0.658. The number of carbonyl (C=O) groups excluding carboxylic acids is 1. The molecule has 0 spiro atoms. The summed E-state index contributed by atoms with van der Waals surface area (Å²) >= 11 is 8.45. The van der Waals surface area contributed by atoms with Crippen molar-refractivity contribution in [2.45, 2.75) is 4.90 Å². The molecule has 0 aliphatic carbocycles. The highest BCUT2D eigenvalue weighted by atomic mass is 79.9. The zero-order valence-electron chi connectivity index (χ0n) is 10.7. The second-order valence-corrected chi connectivity index (χ2v) is 6.58. The highest BCUT2D eigenvalue weighted by Crippen LogP contribution is 2.33. The molecule has 0 saturated heterocycles. The fourth-order valence-corrected chi connectivity index (χ4v) is 3.25. The first-order valence-corrected chi connectivity index (χ1v) is 8.67. The van der Waals surface area contributed by atoms with Crippen LogP contribution in [0.5, 0.6) is 5.75 Å². The molecule has 0 heterocycles. The zero-order valence-corrected chi connectivity index (χ0v) is 14.7. The summed E-state index contributed by atoms with van der Waals surface area (Å²) in [6.45, 7) is 0.0137. The summed E-state index contributed by atoms with van der Waals surface area (Å²) in [4.78, 5) is 13.2. The van der Waals surface area contributed by atoms with E-state index >= 15 is 0 Å². The number of benzene rings is 2. The Morgan fingerprint density at radius 2 is 1.70 bits per heavy atom. The van der Waals surface area contributed by atoms with Crippen molar-refractivity contribution in [3.8, 4) is 5.75 Å². The fraction of sp³-hybridized carbons (Fsp3) is 0.133. The number of ketones is 1. The van der Waals surface area contributed by atoms with Crippen molar-refractivity contribution in [3.05, 3.63) is 57.0 Å². The molecule has 2 nitrogen and oxygen atoms in total. The topological polar surface area (TPSA) is 26.3 Å². The van der Waals surface area contributed by atoms with E-state index in [-0.39, 0.29) is 12.4 Å². The van der Waals surface area contributed by atoms with Gasteiger partial charge in [-0.1, -0.05) is 18.2 Å². The minimum Gasteiger partial charge on any atom is -0.483 e. The van der Waals surface area contributed by atoms with Crippen LogP contribution in [-0.2, 0) is 0 Å². The molecule has 2 rings (SSSR count). The highest BCUT2D eigenvalue weighted by Gasteiger charge is 2.10. The number of para-hydroxylation sites is 1. The molecule has 0 radical (unpaired) electrons. The number of hydrogen-bond acceptors (Lipinski definition) is 3. The van der Waals surface area contributed by atoms with Crippen LogP contribution in [0.25, 0.3) is 0 Å². The van der Waals surface area contributed by atoms with Crippen molar-refractivity contribution < 1.29 is 9.53 Å². The number of carbonyl (C=O) groups is 1. The van der Waals surface area contributed by atoms with Gasteiger partial charge in [-0.2, -0.15) is 0 Å². The number of ether oxygens (including phenoxy) is 1. The Morgan fingerprint density at radius 1 is 1.10 bits per heavy atom. The molecule has 0 aliphatic rings. The molecule has 0 amide bonds. The Balaban J connectivity index is 2.04. The molecule has 0 unspecified atom stereocenters. The molecule has 0 fully saturated rings. The van der Waals surface area contributed by atoms with Crippen LogP contribution in [0.1, 0.15) is 10.4 Å². The van der Waals surface area contributed by atoms with Crippen LogP contribution in [0.2, 0.25) is 0 Å². The minimum atomic E-state index is -0.0414. The lowest BCUT2D eigenvalue weighted by Gasteiger charge is -2.09. The third-order valence-electron chi connectivity index (χ3n) is 2.68. The maximum Gasteiger partial charge on any atom is 0.200 e. The molecule has 2 aromatic rings. The Bertz CT molecular complexity index is 592. The number of halogens is 2. The smallest absolute Gasteiger partial charge is 0.200 e. The van der Waals surface area contributed by atoms with E-state index in [0.29, 0.717) is 11.3 Å². The lowest BCUT2D eigenvalue weighted by atomic mass is 10.1. The van der Waals surface area contributed by atoms with Gasteiger partial charge in [0.15, 0.2) is 12.4 Å². The van der Waals surface area contributed by atoms with Crippen LogP contribution in [0.15, 0.2) is 56.3 Å². The van der Waals surface area contributed by atoms with Gasteiger partial charge in [-0.25, -0.2) is 0 Å². The van der Waals surface area contributed by atoms with Gasteiger partial charge >= 0.3 is 0 Å². The summed E-state index contributed by atoms with van der Waals surface area (Å²) in [5, 5.41) is 0. The summed E-state index contributed by atoms with van der Waals surface area (Å²) in [6.07, 6.45) is 2.00. The van der Waals surface area contributed by atoms with Gasteiger partial charge in [0.2, 0.25) is 0 Å². The van der Waals surface area contributed by atoms with E-state index in [1.807, 2.05) is 48.7 Å². The minimum absolute atomic E-state index is 0.0137. The molecule has 0 aromatic heterocycles. The third kappa shape index (κ3) is 3.87. The maximum absolute atomic E-state index is 12.1. The predicted octanol–water partition coefficient (Wildman–Crippen LogP) is 5.20. The second-order valence-electron chi connectivity index (χ2n) is 3.99. The van der Waals surface area contributed by atoms with Gasteiger partial charge in [0.1, 0.15) is 5.75 Å². The Kier molecular flexibility index (Phi) is 5.69. The van der Waals surface area contributed by atoms with Crippen LogP contribution < -0.4 is 4.74 Å². The first-order valence-electron chi connectivity index (χ1n) is 5.86. The highest BCUT2D eigenvalue weighted by molar-refractivity contribution is 9.11. The normalized spacial score (nSPS) is 10.3. The number of hydrogen-bond donors (Lipinski definition) is 0. The molecule has 5 heteroatoms. The third-order valence-corrected chi connectivity index (χ3v) is 4.67. The SMILES string of the molecule is CSc1ccc(C(=O)COc2c(Br)cccc2Br)cc1. The van der Waals surface area contributed by atoms with E-state index < -0.39 is 0 Å². The molecule has 0 atom stereocenters. The van der Waals surface area contributed by atoms with Gasteiger partial charge in [-0.15, -0.1) is 11.8 Å². The zero-order chi connectivity index (χ0) is 14.5. The molecule has 20 heavy (non-hydrogen) atoms. The summed E-state index contributed by atoms with van der Waals surface area (Å²) < 4.78 is 7.23. The average molecular weight is 416 g/mol. The van der Waals surface area contributed by atoms with Crippen LogP contribution in [0.4, 0.5) is 0 Å². The Hall–Kier alpha value is -0.780. The van der Waals surface area contributed by atoms with E-state index in [4.69, 9.17) is 4.74 Å². The maximum atomic E-state index is 12.1. The Morgan fingerprint density at radius 3 is 2.25 bits per heavy atom. The lowest BCUT2D eigenvalue weighted by molar-refractivity contribution is 0.0920. The van der Waals surface area contributed by atoms with Gasteiger partial charge in [-0.05, 0) is 62.4 Å². The van der Waals surface area contributed by atoms with Crippen LogP contribution in [0, 0.1) is 0 Å². The molecule has 0 bridgehead atoms. The fourth-order valence-electron chi connectivity index (χ4n) is 1.62. The standard InChI is InChI=1S/C15H12Br2O2S/c1-20-11-7-5-10(6-8-11)14(18)9-19-15-12(16)3-2-4-13(15)17/h2-8H,9H2,1H3. The second kappa shape index (κ2) is 7.29. The molecule has 0 saturated carbocycles. The van der Waals surface area contributed by atoms with Gasteiger partial charge in [0, 0.05) is 10.5 Å². The van der Waals surface area contributed by atoms with E-state index in [2.05, 4.69) is 31.9 Å². The van der Waals surface area contributed by atoms with Crippen molar-refractivity contribution >= 4 is 49.4 Å². The molecular formula is C15H12Br2O2S. The molecular weight excluding hydrogens is 404 g/mol. The Labute approximate surface area is 139 Å². The summed E-state index contributed by atoms with van der Waals surface area (Å²) in [5.74, 6) is 0.599. The lowest BCUT2D eigenvalue weighted by Crippen LogP contribution is -2.12. The van der Waals surface area contributed by atoms with Crippen molar-refractivity contribution in [2.24, 2.45) is 0 Å². The first-order chi connectivity index (χ1) is 9.61. The predicted molar refractivity (Wildman–Crippen MR) is 89.9 cm³/mol. The van der Waals surface area contributed by atoms with Crippen molar-refractivity contribution in [1.82, 2.24) is 0 Å². The van der Waals surface area contributed by atoms with Crippen molar-refractivity contribution in [3.63, 3.8) is 0 Å². The molecule has 2 aromatic carbocycles. The van der Waals surface area contributed by atoms with Gasteiger partial charge in [0.25, 0.3) is 0 Å². The molecule has 104 valence electrons. The van der Waals surface area contributed by atoms with Gasteiger partial charge < -0.3 is 4.74 Å². The molecule has 0 N–H and O–H groups in total. The van der Waals surface area contributed by atoms with Crippen LogP contribution >= 0.6 is 43.6 Å². The van der Waals surface area contributed by atoms with Crippen LogP contribution in [-0.4, -0.2) is 18.6 Å². The van der Waals surface area contributed by atoms with Gasteiger partial charge in [0.05, 0.1) is 8.95 Å². The molecule has 0 aliphatic heterocycles. The monoisotopic (exact) mass is 414 g/mol. The first kappa shape index (κ1) is 15.6. The number of thioether (sulfide) groups is 1. The average Bonchev–Trinajstić information content (AvgIpc) is 2.46.